The maximum atomic E-state index is 13.0. The van der Waals surface area contributed by atoms with Crippen LogP contribution in [0.2, 0.25) is 0 Å². The molecule has 1 aromatic rings. The Hall–Kier alpha value is -0.990. The number of aryl methyl sites for hydroxylation is 1. The van der Waals surface area contributed by atoms with Crippen molar-refractivity contribution in [3.05, 3.63) is 23.8 Å². The zero-order chi connectivity index (χ0) is 26.6. The van der Waals surface area contributed by atoms with Crippen LogP contribution >= 0.6 is 7.60 Å². The van der Waals surface area contributed by atoms with Gasteiger partial charge in [0, 0.05) is 13.0 Å². The fourth-order valence-corrected chi connectivity index (χ4v) is 5.43. The first-order chi connectivity index (χ1) is 18.1. The van der Waals surface area contributed by atoms with Gasteiger partial charge in [-0.3, -0.25) is 4.57 Å². The van der Waals surface area contributed by atoms with Gasteiger partial charge in [0.15, 0.2) is 0 Å². The van der Waals surface area contributed by atoms with Crippen molar-refractivity contribution in [3.8, 4) is 5.75 Å². The normalized spacial score (nSPS) is 19.8. The van der Waals surface area contributed by atoms with E-state index in [0.717, 1.165) is 18.4 Å². The number of benzene rings is 1. The number of rotatable bonds is 15. The molecule has 1 N–H and O–H groups in total. The molecule has 0 saturated carbocycles. The van der Waals surface area contributed by atoms with E-state index < -0.39 is 7.60 Å². The molecule has 1 aliphatic rings. The second-order valence-electron chi connectivity index (χ2n) is 9.39. The quantitative estimate of drug-likeness (QED) is 0.231. The van der Waals surface area contributed by atoms with Crippen LogP contribution in [0.4, 0.5) is 0 Å². The lowest BCUT2D eigenvalue weighted by Crippen LogP contribution is -2.27. The van der Waals surface area contributed by atoms with Crippen molar-refractivity contribution in [3.63, 3.8) is 0 Å². The van der Waals surface area contributed by atoms with Gasteiger partial charge in [-0.05, 0) is 37.5 Å². The van der Waals surface area contributed by atoms with Gasteiger partial charge in [-0.1, -0.05) is 57.9 Å². The first-order valence-corrected chi connectivity index (χ1v) is 15.7. The van der Waals surface area contributed by atoms with E-state index in [1.165, 1.54) is 44.9 Å². The van der Waals surface area contributed by atoms with E-state index in [0.29, 0.717) is 58.4 Å². The molecule has 1 saturated heterocycles. The summed E-state index contributed by atoms with van der Waals surface area (Å²) >= 11 is 0. The van der Waals surface area contributed by atoms with Crippen LogP contribution in [0.3, 0.4) is 0 Å². The average Bonchev–Trinajstić information content (AvgIpc) is 2.91. The highest BCUT2D eigenvalue weighted by Crippen LogP contribution is 2.44. The second-order valence-corrected chi connectivity index (χ2v) is 11.2. The van der Waals surface area contributed by atoms with E-state index in [4.69, 9.17) is 28.2 Å². The van der Waals surface area contributed by atoms with Gasteiger partial charge in [0.2, 0.25) is 0 Å². The first kappa shape index (κ1) is 32.2. The fourth-order valence-electron chi connectivity index (χ4n) is 4.20. The summed E-state index contributed by atoms with van der Waals surface area (Å²) in [6.07, 6.45) is 11.2. The highest BCUT2D eigenvalue weighted by Gasteiger charge is 2.28. The summed E-state index contributed by atoms with van der Waals surface area (Å²) in [6, 6.07) is 5.54. The topological polar surface area (TPSA) is 92.7 Å². The standard InChI is InChI=1S/C28H49O8P/c1-3-5-6-7-8-9-10-11-12-25-13-14-27(28(23-25)37(29,30)36-4-2)35-24-26-15-16-31-17-18-32-19-20-33-21-22-34-26/h13-14,23,26H,3-12,15-22,24H2,1-2H3,(H,29,30). The van der Waals surface area contributed by atoms with Gasteiger partial charge >= 0.3 is 7.60 Å². The molecule has 1 fully saturated rings. The Balaban J connectivity index is 1.95. The van der Waals surface area contributed by atoms with Crippen molar-refractivity contribution in [2.24, 2.45) is 0 Å². The van der Waals surface area contributed by atoms with Crippen molar-refractivity contribution in [2.75, 3.05) is 59.5 Å². The SMILES string of the molecule is CCCCCCCCCCc1ccc(OCC2CCOCCOCCOCCO2)c(P(=O)(O)OCC)c1. The predicted octanol–water partition coefficient (Wildman–Crippen LogP) is 5.43. The van der Waals surface area contributed by atoms with E-state index in [9.17, 15) is 9.46 Å². The van der Waals surface area contributed by atoms with E-state index in [2.05, 4.69) is 6.92 Å². The molecule has 214 valence electrons. The smallest absolute Gasteiger partial charge is 0.362 e. The minimum atomic E-state index is -4.01. The van der Waals surface area contributed by atoms with Gasteiger partial charge in [-0.2, -0.15) is 0 Å². The molecule has 1 heterocycles. The number of hydrogen-bond acceptors (Lipinski definition) is 7. The van der Waals surface area contributed by atoms with Crippen LogP contribution < -0.4 is 10.0 Å². The highest BCUT2D eigenvalue weighted by atomic mass is 31.2. The summed E-state index contributed by atoms with van der Waals surface area (Å²) in [6.45, 7) is 7.83. The summed E-state index contributed by atoms with van der Waals surface area (Å²) in [7, 11) is -4.01. The average molecular weight is 545 g/mol. The van der Waals surface area contributed by atoms with Crippen LogP contribution in [-0.2, 0) is 34.5 Å². The van der Waals surface area contributed by atoms with Crippen molar-refractivity contribution >= 4 is 12.9 Å². The Bertz CT molecular complexity index is 746. The largest absolute Gasteiger partial charge is 0.490 e. The Kier molecular flexibility index (Phi) is 17.4. The molecule has 0 bridgehead atoms. The Morgan fingerprint density at radius 1 is 0.865 bits per heavy atom. The molecular formula is C28H49O8P. The lowest BCUT2D eigenvalue weighted by atomic mass is 10.0. The summed E-state index contributed by atoms with van der Waals surface area (Å²) < 4.78 is 46.8. The molecule has 0 spiro atoms. The van der Waals surface area contributed by atoms with Crippen LogP contribution in [0, 0.1) is 0 Å². The molecule has 2 rings (SSSR count). The number of unbranched alkanes of at least 4 members (excludes halogenated alkanes) is 7. The molecule has 8 nitrogen and oxygen atoms in total. The van der Waals surface area contributed by atoms with Gasteiger partial charge in [-0.15, -0.1) is 0 Å². The first-order valence-electron chi connectivity index (χ1n) is 14.1. The van der Waals surface area contributed by atoms with Crippen molar-refractivity contribution in [1.29, 1.82) is 0 Å². The van der Waals surface area contributed by atoms with Crippen LogP contribution in [0.25, 0.3) is 0 Å². The maximum Gasteiger partial charge on any atom is 0.362 e. The van der Waals surface area contributed by atoms with Gasteiger partial charge in [-0.25, -0.2) is 0 Å². The van der Waals surface area contributed by atoms with Crippen LogP contribution in [0.1, 0.15) is 77.2 Å². The van der Waals surface area contributed by atoms with E-state index in [1.807, 2.05) is 6.07 Å². The molecule has 2 unspecified atom stereocenters. The summed E-state index contributed by atoms with van der Waals surface area (Å²) in [5, 5.41) is 0.216. The summed E-state index contributed by atoms with van der Waals surface area (Å²) in [5.41, 5.74) is 1.02. The molecule has 37 heavy (non-hydrogen) atoms. The Morgan fingerprint density at radius 2 is 1.49 bits per heavy atom. The Morgan fingerprint density at radius 3 is 2.16 bits per heavy atom. The van der Waals surface area contributed by atoms with Gasteiger partial charge < -0.3 is 33.1 Å². The molecule has 0 radical (unpaired) electrons. The molecule has 2 atom stereocenters. The van der Waals surface area contributed by atoms with Crippen molar-refractivity contribution in [1.82, 2.24) is 0 Å². The van der Waals surface area contributed by atoms with Crippen LogP contribution in [0.5, 0.6) is 5.75 Å². The monoisotopic (exact) mass is 544 g/mol. The third kappa shape index (κ3) is 14.1. The van der Waals surface area contributed by atoms with Crippen molar-refractivity contribution < 1.29 is 37.7 Å². The molecule has 0 amide bonds. The molecular weight excluding hydrogens is 495 g/mol. The van der Waals surface area contributed by atoms with Gasteiger partial charge in [0.1, 0.15) is 17.7 Å². The van der Waals surface area contributed by atoms with Gasteiger partial charge in [0.05, 0.1) is 52.4 Å². The number of ether oxygens (including phenoxy) is 5. The predicted molar refractivity (Wildman–Crippen MR) is 146 cm³/mol. The van der Waals surface area contributed by atoms with Crippen LogP contribution in [0.15, 0.2) is 18.2 Å². The van der Waals surface area contributed by atoms with Gasteiger partial charge in [0.25, 0.3) is 0 Å². The molecule has 1 aliphatic heterocycles. The van der Waals surface area contributed by atoms with E-state index in [-0.39, 0.29) is 24.6 Å². The number of hydrogen-bond donors (Lipinski definition) is 1. The second kappa shape index (κ2) is 20.0. The zero-order valence-electron chi connectivity index (χ0n) is 23.0. The van der Waals surface area contributed by atoms with E-state index >= 15 is 0 Å². The van der Waals surface area contributed by atoms with Crippen molar-refractivity contribution in [2.45, 2.75) is 84.2 Å². The molecule has 1 aromatic carbocycles. The zero-order valence-corrected chi connectivity index (χ0v) is 23.9. The minimum Gasteiger partial charge on any atom is -0.490 e. The minimum absolute atomic E-state index is 0.141. The lowest BCUT2D eigenvalue weighted by Gasteiger charge is -2.21. The summed E-state index contributed by atoms with van der Waals surface area (Å²) in [5.74, 6) is 0.357. The molecule has 0 aliphatic carbocycles. The molecule has 9 heteroatoms. The summed E-state index contributed by atoms with van der Waals surface area (Å²) in [4.78, 5) is 10.6. The molecule has 0 aromatic heterocycles. The Labute approximate surface area is 223 Å². The maximum absolute atomic E-state index is 13.0. The van der Waals surface area contributed by atoms with E-state index in [1.54, 1.807) is 19.1 Å². The third-order valence-corrected chi connectivity index (χ3v) is 7.85. The third-order valence-electron chi connectivity index (χ3n) is 6.29. The lowest BCUT2D eigenvalue weighted by molar-refractivity contribution is -0.0276. The van der Waals surface area contributed by atoms with Crippen LogP contribution in [-0.4, -0.2) is 70.5 Å². The fraction of sp³-hybridized carbons (Fsp3) is 0.786. The highest BCUT2D eigenvalue weighted by molar-refractivity contribution is 7.61.